The van der Waals surface area contributed by atoms with Crippen LogP contribution < -0.4 is 10.5 Å². The average molecular weight is 266 g/mol. The molecule has 1 saturated carbocycles. The highest BCUT2D eigenvalue weighted by Crippen LogP contribution is 2.21. The first-order valence-corrected chi connectivity index (χ1v) is 7.00. The molecule has 0 spiro atoms. The van der Waals surface area contributed by atoms with E-state index in [1.54, 1.807) is 18.2 Å². The van der Waals surface area contributed by atoms with Gasteiger partial charge in [-0.1, -0.05) is 12.1 Å². The van der Waals surface area contributed by atoms with Crippen LogP contribution in [0.5, 0.6) is 5.75 Å². The summed E-state index contributed by atoms with van der Waals surface area (Å²) in [7, 11) is 2.10. The molecule has 0 unspecified atom stereocenters. The van der Waals surface area contributed by atoms with Crippen LogP contribution >= 0.6 is 0 Å². The molecule has 4 heteroatoms. The minimum atomic E-state index is -0.297. The molecular weight excluding hydrogens is 243 g/mol. The van der Waals surface area contributed by atoms with Crippen LogP contribution in [0.15, 0.2) is 24.3 Å². The van der Waals surface area contributed by atoms with Gasteiger partial charge in [0.25, 0.3) is 0 Å². The van der Waals surface area contributed by atoms with Crippen molar-refractivity contribution in [1.82, 2.24) is 4.90 Å². The molecule has 0 amide bonds. The number of nitrogens with zero attached hydrogens (tertiary/aromatic N) is 1. The fourth-order valence-corrected chi connectivity index (χ4v) is 2.59. The Morgan fingerprint density at radius 3 is 2.63 bits per heavy atom. The van der Waals surface area contributed by atoms with Gasteiger partial charge >= 0.3 is 0 Å². The third-order valence-electron chi connectivity index (χ3n) is 3.90. The summed E-state index contributed by atoms with van der Waals surface area (Å²) in [5.41, 5.74) is 5.90. The molecule has 0 bridgehead atoms. The van der Waals surface area contributed by atoms with Crippen molar-refractivity contribution in [2.75, 3.05) is 20.2 Å². The predicted molar refractivity (Wildman–Crippen MR) is 74.8 cm³/mol. The number of hydrogen-bond donors (Lipinski definition) is 1. The zero-order valence-corrected chi connectivity index (χ0v) is 11.5. The number of nitrogens with two attached hydrogens (primary N) is 1. The van der Waals surface area contributed by atoms with E-state index in [9.17, 15) is 4.39 Å². The maximum absolute atomic E-state index is 13.4. The Hall–Kier alpha value is -1.13. The van der Waals surface area contributed by atoms with E-state index in [2.05, 4.69) is 11.9 Å². The topological polar surface area (TPSA) is 38.5 Å². The van der Waals surface area contributed by atoms with Gasteiger partial charge in [-0.15, -0.1) is 0 Å². The van der Waals surface area contributed by atoms with Gasteiger partial charge in [-0.3, -0.25) is 0 Å². The van der Waals surface area contributed by atoms with Gasteiger partial charge in [0, 0.05) is 18.6 Å². The zero-order valence-electron chi connectivity index (χ0n) is 11.5. The Kier molecular flexibility index (Phi) is 5.16. The summed E-state index contributed by atoms with van der Waals surface area (Å²) in [5.74, 6) is 0.0374. The van der Waals surface area contributed by atoms with Crippen LogP contribution in [0.4, 0.5) is 4.39 Å². The standard InChI is InChI=1S/C15H23FN2O/c1-18(13-8-6-12(17)7-9-13)10-11-19-15-5-3-2-4-14(15)16/h2-5,12-13H,6-11,17H2,1H3. The lowest BCUT2D eigenvalue weighted by Gasteiger charge is -2.33. The van der Waals surface area contributed by atoms with Gasteiger partial charge < -0.3 is 15.4 Å². The molecule has 1 aliphatic rings. The molecule has 0 atom stereocenters. The number of likely N-dealkylation sites (N-methyl/N-ethyl adjacent to an activating group) is 1. The number of ether oxygens (including phenoxy) is 1. The lowest BCUT2D eigenvalue weighted by atomic mass is 9.91. The third kappa shape index (κ3) is 4.18. The summed E-state index contributed by atoms with van der Waals surface area (Å²) in [4.78, 5) is 2.30. The van der Waals surface area contributed by atoms with E-state index in [0.717, 1.165) is 32.2 Å². The van der Waals surface area contributed by atoms with E-state index in [1.807, 2.05) is 0 Å². The molecular formula is C15H23FN2O. The fraction of sp³-hybridized carbons (Fsp3) is 0.600. The lowest BCUT2D eigenvalue weighted by Crippen LogP contribution is -2.40. The Labute approximate surface area is 114 Å². The summed E-state index contributed by atoms with van der Waals surface area (Å²) in [6.45, 7) is 1.33. The predicted octanol–water partition coefficient (Wildman–Crippen LogP) is 2.41. The summed E-state index contributed by atoms with van der Waals surface area (Å²) < 4.78 is 18.8. The molecule has 0 aliphatic heterocycles. The zero-order chi connectivity index (χ0) is 13.7. The van der Waals surface area contributed by atoms with Crippen LogP contribution in [0.2, 0.25) is 0 Å². The van der Waals surface area contributed by atoms with Gasteiger partial charge in [0.1, 0.15) is 6.61 Å². The van der Waals surface area contributed by atoms with E-state index in [1.165, 1.54) is 6.07 Å². The molecule has 1 aromatic carbocycles. The highest BCUT2D eigenvalue weighted by molar-refractivity contribution is 5.23. The van der Waals surface area contributed by atoms with E-state index in [0.29, 0.717) is 24.4 Å². The van der Waals surface area contributed by atoms with Crippen molar-refractivity contribution in [3.63, 3.8) is 0 Å². The van der Waals surface area contributed by atoms with Gasteiger partial charge in [0.15, 0.2) is 11.6 Å². The van der Waals surface area contributed by atoms with Gasteiger partial charge in [-0.05, 0) is 44.9 Å². The molecule has 0 saturated heterocycles. The summed E-state index contributed by atoms with van der Waals surface area (Å²) >= 11 is 0. The van der Waals surface area contributed by atoms with Crippen LogP contribution in [0.1, 0.15) is 25.7 Å². The molecule has 2 rings (SSSR count). The van der Waals surface area contributed by atoms with Gasteiger partial charge in [-0.25, -0.2) is 4.39 Å². The molecule has 106 valence electrons. The van der Waals surface area contributed by atoms with E-state index in [4.69, 9.17) is 10.5 Å². The van der Waals surface area contributed by atoms with E-state index >= 15 is 0 Å². The number of halogens is 1. The molecule has 3 nitrogen and oxygen atoms in total. The van der Waals surface area contributed by atoms with Gasteiger partial charge in [0.05, 0.1) is 0 Å². The molecule has 1 fully saturated rings. The normalized spacial score (nSPS) is 23.6. The molecule has 0 aromatic heterocycles. The number of rotatable bonds is 5. The third-order valence-corrected chi connectivity index (χ3v) is 3.90. The number of benzene rings is 1. The minimum absolute atomic E-state index is 0.297. The van der Waals surface area contributed by atoms with Crippen molar-refractivity contribution in [2.45, 2.75) is 37.8 Å². The van der Waals surface area contributed by atoms with E-state index < -0.39 is 0 Å². The number of para-hydroxylation sites is 1. The van der Waals surface area contributed by atoms with E-state index in [-0.39, 0.29) is 5.82 Å². The van der Waals surface area contributed by atoms with Crippen molar-refractivity contribution in [3.05, 3.63) is 30.1 Å². The summed E-state index contributed by atoms with van der Waals surface area (Å²) in [5, 5.41) is 0. The Morgan fingerprint density at radius 2 is 1.95 bits per heavy atom. The first-order chi connectivity index (χ1) is 9.16. The Morgan fingerprint density at radius 1 is 1.26 bits per heavy atom. The highest BCUT2D eigenvalue weighted by Gasteiger charge is 2.21. The SMILES string of the molecule is CN(CCOc1ccccc1F)C1CCC(N)CC1. The Bertz CT molecular complexity index is 391. The largest absolute Gasteiger partial charge is 0.489 e. The first kappa shape index (κ1) is 14.3. The van der Waals surface area contributed by atoms with Crippen molar-refractivity contribution in [3.8, 4) is 5.75 Å². The monoisotopic (exact) mass is 266 g/mol. The van der Waals surface area contributed by atoms with Crippen LogP contribution in [0, 0.1) is 5.82 Å². The molecule has 0 radical (unpaired) electrons. The Balaban J connectivity index is 1.72. The quantitative estimate of drug-likeness (QED) is 0.889. The van der Waals surface area contributed by atoms with Crippen molar-refractivity contribution >= 4 is 0 Å². The smallest absolute Gasteiger partial charge is 0.165 e. The average Bonchev–Trinajstić information content (AvgIpc) is 2.41. The van der Waals surface area contributed by atoms with Gasteiger partial charge in [-0.2, -0.15) is 0 Å². The molecule has 1 aromatic rings. The molecule has 1 aliphatic carbocycles. The summed E-state index contributed by atoms with van der Waals surface area (Å²) in [6, 6.07) is 7.49. The fourth-order valence-electron chi connectivity index (χ4n) is 2.59. The first-order valence-electron chi connectivity index (χ1n) is 7.00. The van der Waals surface area contributed by atoms with Gasteiger partial charge in [0.2, 0.25) is 0 Å². The van der Waals surface area contributed by atoms with Crippen molar-refractivity contribution < 1.29 is 9.13 Å². The molecule has 19 heavy (non-hydrogen) atoms. The van der Waals surface area contributed by atoms with Crippen LogP contribution in [-0.2, 0) is 0 Å². The van der Waals surface area contributed by atoms with Crippen LogP contribution in [0.25, 0.3) is 0 Å². The summed E-state index contributed by atoms with van der Waals surface area (Å²) in [6.07, 6.45) is 4.50. The lowest BCUT2D eigenvalue weighted by molar-refractivity contribution is 0.152. The van der Waals surface area contributed by atoms with Crippen LogP contribution in [0.3, 0.4) is 0 Å². The maximum Gasteiger partial charge on any atom is 0.165 e. The number of hydrogen-bond acceptors (Lipinski definition) is 3. The van der Waals surface area contributed by atoms with Crippen LogP contribution in [-0.4, -0.2) is 37.2 Å². The molecule has 0 heterocycles. The second-order valence-electron chi connectivity index (χ2n) is 5.33. The molecule has 2 N–H and O–H groups in total. The van der Waals surface area contributed by atoms with Crippen molar-refractivity contribution in [2.24, 2.45) is 5.73 Å². The highest BCUT2D eigenvalue weighted by atomic mass is 19.1. The second-order valence-corrected chi connectivity index (χ2v) is 5.33. The maximum atomic E-state index is 13.4. The minimum Gasteiger partial charge on any atom is -0.489 e. The second kappa shape index (κ2) is 6.87. The van der Waals surface area contributed by atoms with Crippen molar-refractivity contribution in [1.29, 1.82) is 0 Å².